The summed E-state index contributed by atoms with van der Waals surface area (Å²) in [5.74, 6) is 0.480. The van der Waals surface area contributed by atoms with Gasteiger partial charge in [-0.3, -0.25) is 0 Å². The molecule has 2 aromatic carbocycles. The molecule has 0 fully saturated rings. The standard InChI is InChI=1S/C18H18BrCl/c19-12-17(16-5-2-6-18(20)11-16)10-13-7-8-14-3-1-4-15(14)9-13/h2,5-9,11,17H,1,3-4,10,12H2. The van der Waals surface area contributed by atoms with Gasteiger partial charge in [0, 0.05) is 10.4 Å². The molecule has 1 aliphatic rings. The third-order valence-corrected chi connectivity index (χ3v) is 5.17. The Kier molecular flexibility index (Phi) is 4.48. The molecule has 2 aromatic rings. The molecule has 0 saturated heterocycles. The highest BCUT2D eigenvalue weighted by Crippen LogP contribution is 2.28. The lowest BCUT2D eigenvalue weighted by Gasteiger charge is -2.16. The highest BCUT2D eigenvalue weighted by atomic mass is 79.9. The van der Waals surface area contributed by atoms with Gasteiger partial charge >= 0.3 is 0 Å². The summed E-state index contributed by atoms with van der Waals surface area (Å²) in [5, 5.41) is 1.78. The summed E-state index contributed by atoms with van der Waals surface area (Å²) in [7, 11) is 0. The van der Waals surface area contributed by atoms with Gasteiger partial charge in [-0.2, -0.15) is 0 Å². The first-order valence-corrected chi connectivity index (χ1v) is 8.68. The molecule has 1 atom stereocenters. The minimum atomic E-state index is 0.480. The van der Waals surface area contributed by atoms with E-state index < -0.39 is 0 Å². The van der Waals surface area contributed by atoms with Crippen molar-refractivity contribution in [2.45, 2.75) is 31.6 Å². The summed E-state index contributed by atoms with van der Waals surface area (Å²) in [5.41, 5.74) is 5.86. The molecule has 0 amide bonds. The summed E-state index contributed by atoms with van der Waals surface area (Å²) < 4.78 is 0. The van der Waals surface area contributed by atoms with Crippen molar-refractivity contribution in [3.05, 3.63) is 69.7 Å². The monoisotopic (exact) mass is 348 g/mol. The van der Waals surface area contributed by atoms with Gasteiger partial charge in [-0.1, -0.05) is 57.9 Å². The summed E-state index contributed by atoms with van der Waals surface area (Å²) in [6, 6.07) is 15.3. The quantitative estimate of drug-likeness (QED) is 0.635. The molecule has 0 nitrogen and oxygen atoms in total. The topological polar surface area (TPSA) is 0 Å². The molecule has 104 valence electrons. The van der Waals surface area contributed by atoms with Crippen LogP contribution in [0, 0.1) is 0 Å². The highest BCUT2D eigenvalue weighted by molar-refractivity contribution is 9.09. The summed E-state index contributed by atoms with van der Waals surface area (Å²) in [6.07, 6.45) is 4.89. The van der Waals surface area contributed by atoms with Gasteiger partial charge < -0.3 is 0 Å². The molecular weight excluding hydrogens is 332 g/mol. The number of hydrogen-bond acceptors (Lipinski definition) is 0. The summed E-state index contributed by atoms with van der Waals surface area (Å²) in [6.45, 7) is 0. The SMILES string of the molecule is Clc1cccc(C(CBr)Cc2ccc3c(c2)CCC3)c1. The van der Waals surface area contributed by atoms with E-state index in [0.717, 1.165) is 16.8 Å². The first-order chi connectivity index (χ1) is 9.76. The van der Waals surface area contributed by atoms with Gasteiger partial charge in [0.15, 0.2) is 0 Å². The molecule has 1 aliphatic carbocycles. The number of fused-ring (bicyclic) bond motifs is 1. The van der Waals surface area contributed by atoms with E-state index >= 15 is 0 Å². The number of halogens is 2. The lowest BCUT2D eigenvalue weighted by atomic mass is 9.92. The van der Waals surface area contributed by atoms with E-state index in [1.165, 1.54) is 30.4 Å². The van der Waals surface area contributed by atoms with Crippen LogP contribution in [0.4, 0.5) is 0 Å². The first-order valence-electron chi connectivity index (χ1n) is 7.18. The number of hydrogen-bond donors (Lipinski definition) is 0. The van der Waals surface area contributed by atoms with Crippen LogP contribution >= 0.6 is 27.5 Å². The second-order valence-corrected chi connectivity index (χ2v) is 6.65. The fourth-order valence-corrected chi connectivity index (χ4v) is 3.86. The Morgan fingerprint density at radius 1 is 1.05 bits per heavy atom. The molecule has 0 radical (unpaired) electrons. The van der Waals surface area contributed by atoms with Gasteiger partial charge in [0.1, 0.15) is 0 Å². The molecule has 0 bridgehead atoms. The maximum atomic E-state index is 6.11. The Balaban J connectivity index is 1.81. The molecule has 3 rings (SSSR count). The van der Waals surface area contributed by atoms with E-state index in [9.17, 15) is 0 Å². The van der Waals surface area contributed by atoms with Crippen molar-refractivity contribution in [3.63, 3.8) is 0 Å². The molecule has 1 unspecified atom stereocenters. The maximum Gasteiger partial charge on any atom is 0.0408 e. The van der Waals surface area contributed by atoms with E-state index in [4.69, 9.17) is 11.6 Å². The van der Waals surface area contributed by atoms with Crippen molar-refractivity contribution in [2.75, 3.05) is 5.33 Å². The second-order valence-electron chi connectivity index (χ2n) is 5.57. The average Bonchev–Trinajstić information content (AvgIpc) is 2.92. The van der Waals surface area contributed by atoms with Crippen LogP contribution in [0.1, 0.15) is 34.6 Å². The van der Waals surface area contributed by atoms with Crippen LogP contribution in [0.3, 0.4) is 0 Å². The number of benzene rings is 2. The number of rotatable bonds is 4. The first kappa shape index (κ1) is 14.2. The van der Waals surface area contributed by atoms with Crippen LogP contribution in [0.2, 0.25) is 5.02 Å². The van der Waals surface area contributed by atoms with E-state index in [2.05, 4.69) is 46.3 Å². The Hall–Kier alpha value is -0.790. The Bertz CT molecular complexity index is 606. The third kappa shape index (κ3) is 3.10. The zero-order valence-electron chi connectivity index (χ0n) is 11.4. The minimum Gasteiger partial charge on any atom is -0.0921 e. The van der Waals surface area contributed by atoms with Crippen molar-refractivity contribution >= 4 is 27.5 Å². The molecule has 0 N–H and O–H groups in total. The smallest absolute Gasteiger partial charge is 0.0408 e. The maximum absolute atomic E-state index is 6.11. The second kappa shape index (κ2) is 6.32. The van der Waals surface area contributed by atoms with Gasteiger partial charge in [0.25, 0.3) is 0 Å². The van der Waals surface area contributed by atoms with E-state index in [1.54, 1.807) is 11.1 Å². The van der Waals surface area contributed by atoms with Crippen molar-refractivity contribution in [2.24, 2.45) is 0 Å². The lowest BCUT2D eigenvalue weighted by molar-refractivity contribution is 0.774. The minimum absolute atomic E-state index is 0.480. The third-order valence-electron chi connectivity index (χ3n) is 4.15. The van der Waals surface area contributed by atoms with Gasteiger partial charge in [0.2, 0.25) is 0 Å². The van der Waals surface area contributed by atoms with Crippen LogP contribution in [0.25, 0.3) is 0 Å². The normalized spacial score (nSPS) is 15.1. The van der Waals surface area contributed by atoms with E-state index in [1.807, 2.05) is 12.1 Å². The number of alkyl halides is 1. The Labute approximate surface area is 134 Å². The lowest BCUT2D eigenvalue weighted by Crippen LogP contribution is -2.05. The van der Waals surface area contributed by atoms with Crippen LogP contribution in [-0.2, 0) is 19.3 Å². The summed E-state index contributed by atoms with van der Waals surface area (Å²) >= 11 is 9.76. The molecule has 0 aliphatic heterocycles. The Morgan fingerprint density at radius 2 is 1.90 bits per heavy atom. The van der Waals surface area contributed by atoms with Gasteiger partial charge in [-0.25, -0.2) is 0 Å². The predicted octanol–water partition coefficient (Wildman–Crippen LogP) is 5.55. The van der Waals surface area contributed by atoms with Crippen molar-refractivity contribution in [1.29, 1.82) is 0 Å². The Morgan fingerprint density at radius 3 is 2.70 bits per heavy atom. The molecule has 20 heavy (non-hydrogen) atoms. The van der Waals surface area contributed by atoms with Crippen LogP contribution in [0.15, 0.2) is 42.5 Å². The van der Waals surface area contributed by atoms with E-state index in [0.29, 0.717) is 5.92 Å². The summed E-state index contributed by atoms with van der Waals surface area (Å²) in [4.78, 5) is 0. The zero-order chi connectivity index (χ0) is 13.9. The van der Waals surface area contributed by atoms with Gasteiger partial charge in [0.05, 0.1) is 0 Å². The van der Waals surface area contributed by atoms with Crippen molar-refractivity contribution in [3.8, 4) is 0 Å². The van der Waals surface area contributed by atoms with Gasteiger partial charge in [-0.15, -0.1) is 0 Å². The molecule has 0 saturated carbocycles. The molecule has 0 aromatic heterocycles. The largest absolute Gasteiger partial charge is 0.0921 e. The number of aryl methyl sites for hydroxylation is 2. The molecule has 0 heterocycles. The van der Waals surface area contributed by atoms with Crippen LogP contribution in [-0.4, -0.2) is 5.33 Å². The predicted molar refractivity (Wildman–Crippen MR) is 90.2 cm³/mol. The van der Waals surface area contributed by atoms with Crippen molar-refractivity contribution in [1.82, 2.24) is 0 Å². The average molecular weight is 350 g/mol. The van der Waals surface area contributed by atoms with E-state index in [-0.39, 0.29) is 0 Å². The highest BCUT2D eigenvalue weighted by Gasteiger charge is 2.15. The molecular formula is C18H18BrCl. The van der Waals surface area contributed by atoms with Crippen LogP contribution in [0.5, 0.6) is 0 Å². The fourth-order valence-electron chi connectivity index (χ4n) is 3.06. The zero-order valence-corrected chi connectivity index (χ0v) is 13.8. The molecule has 2 heteroatoms. The van der Waals surface area contributed by atoms with Crippen LogP contribution < -0.4 is 0 Å². The molecule has 0 spiro atoms. The fraction of sp³-hybridized carbons (Fsp3) is 0.333. The van der Waals surface area contributed by atoms with Gasteiger partial charge in [-0.05, 0) is 66.0 Å². The van der Waals surface area contributed by atoms with Crippen molar-refractivity contribution < 1.29 is 0 Å².